The van der Waals surface area contributed by atoms with Crippen molar-refractivity contribution in [2.24, 2.45) is 17.8 Å². The number of hydrogen-bond acceptors (Lipinski definition) is 2. The van der Waals surface area contributed by atoms with Crippen molar-refractivity contribution in [3.05, 3.63) is 0 Å². The molecule has 0 fully saturated rings. The molecule has 0 aromatic rings. The van der Waals surface area contributed by atoms with E-state index in [1.165, 1.54) is 25.7 Å². The van der Waals surface area contributed by atoms with Gasteiger partial charge in [-0.3, -0.25) is 0 Å². The van der Waals surface area contributed by atoms with Crippen LogP contribution in [0.1, 0.15) is 53.4 Å². The second-order valence-corrected chi connectivity index (χ2v) is 5.57. The van der Waals surface area contributed by atoms with Crippen LogP contribution in [-0.2, 0) is 4.74 Å². The van der Waals surface area contributed by atoms with Crippen LogP contribution >= 0.6 is 0 Å². The third kappa shape index (κ3) is 10.4. The van der Waals surface area contributed by atoms with Gasteiger partial charge < -0.3 is 9.84 Å². The maximum absolute atomic E-state index is 8.59. The van der Waals surface area contributed by atoms with E-state index in [4.69, 9.17) is 9.84 Å². The van der Waals surface area contributed by atoms with Gasteiger partial charge in [0, 0.05) is 6.61 Å². The summed E-state index contributed by atoms with van der Waals surface area (Å²) in [5.74, 6) is 2.30. The highest BCUT2D eigenvalue weighted by atomic mass is 16.5. The van der Waals surface area contributed by atoms with Crippen molar-refractivity contribution in [2.45, 2.75) is 53.4 Å². The molecule has 98 valence electrons. The molecule has 0 rings (SSSR count). The van der Waals surface area contributed by atoms with Crippen molar-refractivity contribution in [3.8, 4) is 0 Å². The fourth-order valence-electron chi connectivity index (χ4n) is 2.17. The van der Waals surface area contributed by atoms with E-state index in [2.05, 4.69) is 27.7 Å². The van der Waals surface area contributed by atoms with Gasteiger partial charge in [0.1, 0.15) is 0 Å². The average molecular weight is 230 g/mol. The molecule has 0 aromatic carbocycles. The first kappa shape index (κ1) is 15.9. The van der Waals surface area contributed by atoms with E-state index in [1.807, 2.05) is 0 Å². The SMILES string of the molecule is CC(C)CC(C)CCCC(C)COCCO. The normalized spacial score (nSPS) is 15.4. The summed E-state index contributed by atoms with van der Waals surface area (Å²) in [4.78, 5) is 0. The Morgan fingerprint density at radius 3 is 2.19 bits per heavy atom. The molecular weight excluding hydrogens is 200 g/mol. The molecule has 2 nitrogen and oxygen atoms in total. The Bertz CT molecular complexity index is 146. The molecule has 0 heterocycles. The summed E-state index contributed by atoms with van der Waals surface area (Å²) >= 11 is 0. The third-order valence-electron chi connectivity index (χ3n) is 2.91. The van der Waals surface area contributed by atoms with Crippen LogP contribution in [0.5, 0.6) is 0 Å². The number of rotatable bonds is 10. The zero-order valence-electron chi connectivity index (χ0n) is 11.5. The van der Waals surface area contributed by atoms with E-state index < -0.39 is 0 Å². The van der Waals surface area contributed by atoms with Gasteiger partial charge >= 0.3 is 0 Å². The van der Waals surface area contributed by atoms with Crippen LogP contribution in [0.2, 0.25) is 0 Å². The molecule has 16 heavy (non-hydrogen) atoms. The zero-order valence-corrected chi connectivity index (χ0v) is 11.5. The van der Waals surface area contributed by atoms with E-state index >= 15 is 0 Å². The molecule has 0 saturated carbocycles. The van der Waals surface area contributed by atoms with Crippen molar-refractivity contribution >= 4 is 0 Å². The molecule has 0 aliphatic carbocycles. The fraction of sp³-hybridized carbons (Fsp3) is 1.00. The van der Waals surface area contributed by atoms with Crippen LogP contribution in [0.25, 0.3) is 0 Å². The van der Waals surface area contributed by atoms with Crippen LogP contribution in [0.15, 0.2) is 0 Å². The summed E-state index contributed by atoms with van der Waals surface area (Å²) in [6, 6.07) is 0. The summed E-state index contributed by atoms with van der Waals surface area (Å²) in [5.41, 5.74) is 0. The van der Waals surface area contributed by atoms with Gasteiger partial charge in [0.15, 0.2) is 0 Å². The Morgan fingerprint density at radius 2 is 1.62 bits per heavy atom. The molecular formula is C14H30O2. The minimum absolute atomic E-state index is 0.137. The lowest BCUT2D eigenvalue weighted by atomic mass is 9.92. The second kappa shape index (κ2) is 10.1. The first-order chi connectivity index (χ1) is 7.56. The molecule has 0 aliphatic rings. The summed E-state index contributed by atoms with van der Waals surface area (Å²) in [7, 11) is 0. The highest BCUT2D eigenvalue weighted by Gasteiger charge is 2.07. The Hall–Kier alpha value is -0.0800. The van der Waals surface area contributed by atoms with Gasteiger partial charge in [0.05, 0.1) is 13.2 Å². The Balaban J connectivity index is 3.35. The van der Waals surface area contributed by atoms with Crippen LogP contribution in [-0.4, -0.2) is 24.9 Å². The minimum Gasteiger partial charge on any atom is -0.394 e. The van der Waals surface area contributed by atoms with Gasteiger partial charge in [0.2, 0.25) is 0 Å². The molecule has 0 spiro atoms. The topological polar surface area (TPSA) is 29.5 Å². The second-order valence-electron chi connectivity index (χ2n) is 5.57. The maximum atomic E-state index is 8.59. The number of ether oxygens (including phenoxy) is 1. The Kier molecular flexibility index (Phi) is 10.0. The number of aliphatic hydroxyl groups is 1. The smallest absolute Gasteiger partial charge is 0.0697 e. The Morgan fingerprint density at radius 1 is 1.00 bits per heavy atom. The summed E-state index contributed by atoms with van der Waals surface area (Å²) in [6.07, 6.45) is 5.23. The highest BCUT2D eigenvalue weighted by Crippen LogP contribution is 2.19. The standard InChI is InChI=1S/C14H30O2/c1-12(2)10-13(3)6-5-7-14(4)11-16-9-8-15/h12-15H,5-11H2,1-4H3. The Labute approximate surface area is 101 Å². The van der Waals surface area contributed by atoms with Crippen LogP contribution in [0.3, 0.4) is 0 Å². The first-order valence-corrected chi connectivity index (χ1v) is 6.74. The van der Waals surface area contributed by atoms with Crippen molar-refractivity contribution in [1.29, 1.82) is 0 Å². The van der Waals surface area contributed by atoms with Crippen molar-refractivity contribution in [3.63, 3.8) is 0 Å². The maximum Gasteiger partial charge on any atom is 0.0697 e. The lowest BCUT2D eigenvalue weighted by Crippen LogP contribution is -2.09. The largest absolute Gasteiger partial charge is 0.394 e. The molecule has 0 radical (unpaired) electrons. The molecule has 2 unspecified atom stereocenters. The van der Waals surface area contributed by atoms with Crippen molar-refractivity contribution < 1.29 is 9.84 Å². The van der Waals surface area contributed by atoms with E-state index in [1.54, 1.807) is 0 Å². The number of hydrogen-bond donors (Lipinski definition) is 1. The molecule has 2 heteroatoms. The zero-order chi connectivity index (χ0) is 12.4. The van der Waals surface area contributed by atoms with Gasteiger partial charge in [-0.2, -0.15) is 0 Å². The van der Waals surface area contributed by atoms with Gasteiger partial charge in [-0.25, -0.2) is 0 Å². The summed E-state index contributed by atoms with van der Waals surface area (Å²) in [6.45, 7) is 10.6. The molecule has 0 amide bonds. The lowest BCUT2D eigenvalue weighted by Gasteiger charge is -2.15. The van der Waals surface area contributed by atoms with E-state index in [0.29, 0.717) is 12.5 Å². The van der Waals surface area contributed by atoms with Gasteiger partial charge in [-0.05, 0) is 30.6 Å². The molecule has 0 bridgehead atoms. The number of aliphatic hydroxyl groups excluding tert-OH is 1. The predicted molar refractivity (Wildman–Crippen MR) is 69.5 cm³/mol. The van der Waals surface area contributed by atoms with Gasteiger partial charge in [-0.15, -0.1) is 0 Å². The van der Waals surface area contributed by atoms with Gasteiger partial charge in [0.25, 0.3) is 0 Å². The van der Waals surface area contributed by atoms with Crippen LogP contribution in [0, 0.1) is 17.8 Å². The van der Waals surface area contributed by atoms with Crippen molar-refractivity contribution in [2.75, 3.05) is 19.8 Å². The molecule has 0 saturated heterocycles. The monoisotopic (exact) mass is 230 g/mol. The van der Waals surface area contributed by atoms with E-state index in [-0.39, 0.29) is 6.61 Å². The lowest BCUT2D eigenvalue weighted by molar-refractivity contribution is 0.0688. The first-order valence-electron chi connectivity index (χ1n) is 6.74. The predicted octanol–water partition coefficient (Wildman–Crippen LogP) is 3.48. The van der Waals surface area contributed by atoms with Crippen LogP contribution in [0.4, 0.5) is 0 Å². The van der Waals surface area contributed by atoms with Crippen LogP contribution < -0.4 is 0 Å². The van der Waals surface area contributed by atoms with E-state index in [9.17, 15) is 0 Å². The molecule has 0 aromatic heterocycles. The summed E-state index contributed by atoms with van der Waals surface area (Å²) in [5, 5.41) is 8.59. The fourth-order valence-corrected chi connectivity index (χ4v) is 2.17. The average Bonchev–Trinajstić information content (AvgIpc) is 2.17. The summed E-state index contributed by atoms with van der Waals surface area (Å²) < 4.78 is 5.32. The quantitative estimate of drug-likeness (QED) is 0.582. The highest BCUT2D eigenvalue weighted by molar-refractivity contribution is 4.59. The van der Waals surface area contributed by atoms with E-state index in [0.717, 1.165) is 18.4 Å². The van der Waals surface area contributed by atoms with Crippen molar-refractivity contribution in [1.82, 2.24) is 0 Å². The van der Waals surface area contributed by atoms with Gasteiger partial charge in [-0.1, -0.05) is 40.5 Å². The molecule has 1 N–H and O–H groups in total. The third-order valence-corrected chi connectivity index (χ3v) is 2.91. The minimum atomic E-state index is 0.137. The molecule has 2 atom stereocenters. The molecule has 0 aliphatic heterocycles.